The fraction of sp³-hybridized carbons (Fsp3) is 0.619. The van der Waals surface area contributed by atoms with Gasteiger partial charge in [0.1, 0.15) is 0 Å². The van der Waals surface area contributed by atoms with Crippen LogP contribution in [0.4, 0.5) is 5.69 Å². The molecular weight excluding hydrogens is 362 g/mol. The van der Waals surface area contributed by atoms with Gasteiger partial charge in [-0.15, -0.1) is 12.4 Å². The van der Waals surface area contributed by atoms with E-state index in [1.54, 1.807) is 0 Å². The number of halogens is 1. The highest BCUT2D eigenvalue weighted by Crippen LogP contribution is 2.23. The Labute approximate surface area is 168 Å². The normalized spacial score (nSPS) is 25.4. The van der Waals surface area contributed by atoms with Gasteiger partial charge in [-0.05, 0) is 75.8 Å². The second-order valence-corrected chi connectivity index (χ2v) is 8.09. The van der Waals surface area contributed by atoms with Crippen LogP contribution in [0.5, 0.6) is 0 Å². The molecule has 2 aliphatic rings. The number of nitrogens with one attached hydrogen (secondary N) is 2. The zero-order chi connectivity index (χ0) is 18.7. The van der Waals surface area contributed by atoms with E-state index in [2.05, 4.69) is 24.5 Å². The lowest BCUT2D eigenvalue weighted by molar-refractivity contribution is -0.120. The Morgan fingerprint density at radius 1 is 1.22 bits per heavy atom. The minimum absolute atomic E-state index is 0. The number of benzene rings is 1. The number of hydrogen-bond acceptors (Lipinski definition) is 3. The fourth-order valence-electron chi connectivity index (χ4n) is 4.10. The van der Waals surface area contributed by atoms with E-state index in [1.165, 1.54) is 6.42 Å². The molecule has 0 aromatic heterocycles. The first-order valence-corrected chi connectivity index (χ1v) is 9.88. The summed E-state index contributed by atoms with van der Waals surface area (Å²) in [7, 11) is 0. The number of carbonyl (C=O) groups excluding carboxylic acids is 2. The van der Waals surface area contributed by atoms with Gasteiger partial charge in [-0.1, -0.05) is 6.92 Å². The highest BCUT2D eigenvalue weighted by Gasteiger charge is 2.26. The molecule has 1 unspecified atom stereocenters. The van der Waals surface area contributed by atoms with E-state index >= 15 is 0 Å². The molecule has 2 heterocycles. The van der Waals surface area contributed by atoms with Crippen molar-refractivity contribution in [3.05, 3.63) is 29.3 Å². The van der Waals surface area contributed by atoms with Gasteiger partial charge in [-0.25, -0.2) is 0 Å². The summed E-state index contributed by atoms with van der Waals surface area (Å²) in [4.78, 5) is 27.3. The van der Waals surface area contributed by atoms with Gasteiger partial charge >= 0.3 is 0 Å². The van der Waals surface area contributed by atoms with Crippen LogP contribution in [0, 0.1) is 18.8 Å². The summed E-state index contributed by atoms with van der Waals surface area (Å²) in [5, 5.41) is 6.44. The highest BCUT2D eigenvalue weighted by molar-refractivity contribution is 5.97. The molecule has 3 rings (SSSR count). The zero-order valence-electron chi connectivity index (χ0n) is 16.6. The Morgan fingerprint density at radius 2 is 2.00 bits per heavy atom. The van der Waals surface area contributed by atoms with Crippen LogP contribution in [0.15, 0.2) is 18.2 Å². The standard InChI is InChI=1S/C21H31N3O2.ClH/c1-14-5-4-10-24(13-14)21(26)18-6-7-19(15(2)11-18)23-20(25)17-8-9-22-16(3)12-17;/h6-7,11,14,16-17,22H,4-5,8-10,12-13H2,1-3H3,(H,23,25);1H/t14?,16-,17-;/m0./s1. The molecule has 6 heteroatoms. The van der Waals surface area contributed by atoms with E-state index in [1.807, 2.05) is 30.0 Å². The minimum atomic E-state index is 0. The number of piperidine rings is 2. The number of anilines is 1. The van der Waals surface area contributed by atoms with Crippen LogP contribution >= 0.6 is 12.4 Å². The molecule has 27 heavy (non-hydrogen) atoms. The van der Waals surface area contributed by atoms with Crippen LogP contribution in [0.1, 0.15) is 55.5 Å². The number of carbonyl (C=O) groups is 2. The van der Waals surface area contributed by atoms with Crippen LogP contribution in [-0.4, -0.2) is 42.4 Å². The van der Waals surface area contributed by atoms with Crippen molar-refractivity contribution < 1.29 is 9.59 Å². The van der Waals surface area contributed by atoms with Gasteiger partial charge < -0.3 is 15.5 Å². The molecule has 1 aromatic rings. The van der Waals surface area contributed by atoms with Gasteiger partial charge in [0.2, 0.25) is 5.91 Å². The smallest absolute Gasteiger partial charge is 0.253 e. The third-order valence-corrected chi connectivity index (χ3v) is 5.67. The zero-order valence-corrected chi connectivity index (χ0v) is 17.4. The summed E-state index contributed by atoms with van der Waals surface area (Å²) in [5.74, 6) is 0.816. The van der Waals surface area contributed by atoms with E-state index in [-0.39, 0.29) is 30.1 Å². The van der Waals surface area contributed by atoms with Crippen molar-refractivity contribution in [2.45, 2.75) is 52.5 Å². The summed E-state index contributed by atoms with van der Waals surface area (Å²) in [6.45, 7) is 8.84. The van der Waals surface area contributed by atoms with Gasteiger partial charge in [0, 0.05) is 36.3 Å². The quantitative estimate of drug-likeness (QED) is 0.824. The Hall–Kier alpha value is -1.59. The summed E-state index contributed by atoms with van der Waals surface area (Å²) in [6.07, 6.45) is 4.02. The second kappa shape index (κ2) is 9.56. The molecule has 0 spiro atoms. The molecule has 0 aliphatic carbocycles. The summed E-state index contributed by atoms with van der Waals surface area (Å²) in [5.41, 5.74) is 2.46. The predicted molar refractivity (Wildman–Crippen MR) is 112 cm³/mol. The largest absolute Gasteiger partial charge is 0.338 e. The van der Waals surface area contributed by atoms with Crippen LogP contribution in [0.3, 0.4) is 0 Å². The van der Waals surface area contributed by atoms with Gasteiger partial charge in [-0.3, -0.25) is 9.59 Å². The van der Waals surface area contributed by atoms with Crippen molar-refractivity contribution in [1.29, 1.82) is 0 Å². The molecule has 0 bridgehead atoms. The number of nitrogens with zero attached hydrogens (tertiary/aromatic N) is 1. The van der Waals surface area contributed by atoms with Crippen LogP contribution < -0.4 is 10.6 Å². The number of likely N-dealkylation sites (tertiary alicyclic amines) is 1. The predicted octanol–water partition coefficient (Wildman–Crippen LogP) is 3.62. The van der Waals surface area contributed by atoms with Crippen molar-refractivity contribution in [3.8, 4) is 0 Å². The molecule has 2 saturated heterocycles. The highest BCUT2D eigenvalue weighted by atomic mass is 35.5. The number of amides is 2. The molecule has 2 fully saturated rings. The van der Waals surface area contributed by atoms with E-state index in [9.17, 15) is 9.59 Å². The Balaban J connectivity index is 0.00000261. The molecule has 3 atom stereocenters. The first-order chi connectivity index (χ1) is 12.4. The molecule has 0 saturated carbocycles. The van der Waals surface area contributed by atoms with Crippen LogP contribution in [0.25, 0.3) is 0 Å². The molecule has 0 radical (unpaired) electrons. The molecule has 1 aromatic carbocycles. The Bertz CT molecular complexity index is 679. The summed E-state index contributed by atoms with van der Waals surface area (Å²) < 4.78 is 0. The topological polar surface area (TPSA) is 61.4 Å². The maximum atomic E-state index is 12.7. The maximum absolute atomic E-state index is 12.7. The van der Waals surface area contributed by atoms with Crippen molar-refractivity contribution >= 4 is 29.9 Å². The van der Waals surface area contributed by atoms with Gasteiger partial charge in [0.15, 0.2) is 0 Å². The van der Waals surface area contributed by atoms with Crippen molar-refractivity contribution in [1.82, 2.24) is 10.2 Å². The molecule has 2 aliphatic heterocycles. The SMILES string of the molecule is Cc1cc(C(=O)N2CCCC(C)C2)ccc1NC(=O)[C@H]1CCN[C@@H](C)C1.Cl. The number of hydrogen-bond donors (Lipinski definition) is 2. The Kier molecular flexibility index (Phi) is 7.68. The molecule has 2 N–H and O–H groups in total. The van der Waals surface area contributed by atoms with Crippen LogP contribution in [-0.2, 0) is 4.79 Å². The third-order valence-electron chi connectivity index (χ3n) is 5.67. The lowest BCUT2D eigenvalue weighted by Gasteiger charge is -2.31. The summed E-state index contributed by atoms with van der Waals surface area (Å²) in [6, 6.07) is 6.00. The first kappa shape index (κ1) is 21.7. The number of aryl methyl sites for hydroxylation is 1. The Morgan fingerprint density at radius 3 is 2.67 bits per heavy atom. The summed E-state index contributed by atoms with van der Waals surface area (Å²) >= 11 is 0. The van der Waals surface area contributed by atoms with E-state index in [0.717, 1.165) is 50.1 Å². The van der Waals surface area contributed by atoms with Crippen molar-refractivity contribution in [2.24, 2.45) is 11.8 Å². The number of rotatable bonds is 3. The fourth-order valence-corrected chi connectivity index (χ4v) is 4.10. The van der Waals surface area contributed by atoms with Crippen molar-refractivity contribution in [3.63, 3.8) is 0 Å². The van der Waals surface area contributed by atoms with Gasteiger partial charge in [-0.2, -0.15) is 0 Å². The second-order valence-electron chi connectivity index (χ2n) is 8.09. The maximum Gasteiger partial charge on any atom is 0.253 e. The van der Waals surface area contributed by atoms with Crippen molar-refractivity contribution in [2.75, 3.05) is 25.0 Å². The average molecular weight is 394 g/mol. The lowest BCUT2D eigenvalue weighted by atomic mass is 9.92. The van der Waals surface area contributed by atoms with E-state index in [4.69, 9.17) is 0 Å². The molecule has 150 valence electrons. The molecule has 2 amide bonds. The third kappa shape index (κ3) is 5.45. The lowest BCUT2D eigenvalue weighted by Crippen LogP contribution is -2.40. The van der Waals surface area contributed by atoms with E-state index < -0.39 is 0 Å². The minimum Gasteiger partial charge on any atom is -0.338 e. The van der Waals surface area contributed by atoms with E-state index in [0.29, 0.717) is 17.5 Å². The monoisotopic (exact) mass is 393 g/mol. The van der Waals surface area contributed by atoms with Gasteiger partial charge in [0.05, 0.1) is 0 Å². The molecule has 5 nitrogen and oxygen atoms in total. The first-order valence-electron chi connectivity index (χ1n) is 9.88. The average Bonchev–Trinajstić information content (AvgIpc) is 2.62. The van der Waals surface area contributed by atoms with Gasteiger partial charge in [0.25, 0.3) is 5.91 Å². The van der Waals surface area contributed by atoms with Crippen LogP contribution in [0.2, 0.25) is 0 Å². The molecular formula is C21H32ClN3O2.